The van der Waals surface area contributed by atoms with Gasteiger partial charge in [-0.05, 0) is 33.8 Å². The summed E-state index contributed by atoms with van der Waals surface area (Å²) in [5.74, 6) is 8.48. The van der Waals surface area contributed by atoms with E-state index >= 15 is 0 Å². The van der Waals surface area contributed by atoms with E-state index < -0.39 is 13.3 Å². The van der Waals surface area contributed by atoms with Crippen molar-refractivity contribution in [1.82, 2.24) is 9.97 Å². The molecular formula is C44H44GeIrN2-2. The van der Waals surface area contributed by atoms with Gasteiger partial charge in [-0.15, -0.1) is 23.8 Å². The number of hydrogen-bond donors (Lipinski definition) is 0. The fourth-order valence-corrected chi connectivity index (χ4v) is 9.76. The summed E-state index contributed by atoms with van der Waals surface area (Å²) in [6.07, 6.45) is 5.18. The Labute approximate surface area is 302 Å². The average Bonchev–Trinajstić information content (AvgIpc) is 3.08. The number of rotatable bonds is 6. The predicted molar refractivity (Wildman–Crippen MR) is 205 cm³/mol. The third kappa shape index (κ3) is 7.81. The van der Waals surface area contributed by atoms with Crippen molar-refractivity contribution in [2.24, 2.45) is 5.92 Å². The van der Waals surface area contributed by atoms with E-state index in [4.69, 9.17) is 4.98 Å². The molecular weight excluding hydrogens is 821 g/mol. The molecule has 5 aromatic carbocycles. The third-order valence-corrected chi connectivity index (χ3v) is 13.1. The summed E-state index contributed by atoms with van der Waals surface area (Å²) in [4.78, 5) is 9.31. The van der Waals surface area contributed by atoms with Crippen LogP contribution in [0.25, 0.3) is 54.8 Å². The molecule has 7 rings (SSSR count). The molecule has 2 heterocycles. The van der Waals surface area contributed by atoms with E-state index in [2.05, 4.69) is 153 Å². The van der Waals surface area contributed by atoms with E-state index in [9.17, 15) is 0 Å². The van der Waals surface area contributed by atoms with Crippen molar-refractivity contribution < 1.29 is 20.1 Å². The van der Waals surface area contributed by atoms with Crippen LogP contribution in [0.1, 0.15) is 44.7 Å². The second kappa shape index (κ2) is 15.3. The number of aromatic nitrogens is 2. The van der Waals surface area contributed by atoms with Crippen LogP contribution in [-0.2, 0) is 26.5 Å². The molecule has 7 aromatic rings. The predicted octanol–water partition coefficient (Wildman–Crippen LogP) is 11.4. The summed E-state index contributed by atoms with van der Waals surface area (Å²) in [7, 11) is 0. The summed E-state index contributed by atoms with van der Waals surface area (Å²) >= 11 is -1.86. The number of nitrogens with zero attached hydrogens (tertiary/aromatic N) is 2. The minimum atomic E-state index is -1.86. The van der Waals surface area contributed by atoms with Gasteiger partial charge in [0.25, 0.3) is 0 Å². The van der Waals surface area contributed by atoms with Gasteiger partial charge in [0.2, 0.25) is 0 Å². The number of pyridine rings is 2. The molecule has 0 aliphatic carbocycles. The fraction of sp³-hybridized carbons (Fsp3) is 0.227. The minimum Gasteiger partial charge on any atom is -0.305 e. The van der Waals surface area contributed by atoms with E-state index in [1.54, 1.807) is 4.40 Å². The van der Waals surface area contributed by atoms with Crippen LogP contribution in [-0.4, -0.2) is 23.2 Å². The van der Waals surface area contributed by atoms with Crippen molar-refractivity contribution in [2.45, 2.75) is 57.3 Å². The number of benzene rings is 5. The van der Waals surface area contributed by atoms with Gasteiger partial charge in [0.1, 0.15) is 0 Å². The van der Waals surface area contributed by atoms with Crippen molar-refractivity contribution in [1.29, 1.82) is 0 Å². The summed E-state index contributed by atoms with van der Waals surface area (Å²) in [5.41, 5.74) is 6.97. The Balaban J connectivity index is 0.000000193. The molecule has 245 valence electrons. The Bertz CT molecular complexity index is 2130. The Morgan fingerprint density at radius 2 is 1.23 bits per heavy atom. The quantitative estimate of drug-likeness (QED) is 0.0945. The zero-order valence-corrected chi connectivity index (χ0v) is 33.6. The maximum atomic E-state index is 4.70. The Morgan fingerprint density at radius 3 is 1.81 bits per heavy atom. The smallest absolute Gasteiger partial charge is 0.0163 e. The Hall–Kier alpha value is -3.63. The molecule has 4 heteroatoms. The van der Waals surface area contributed by atoms with E-state index in [0.29, 0.717) is 11.8 Å². The molecule has 0 saturated carbocycles. The molecule has 48 heavy (non-hydrogen) atoms. The molecule has 0 saturated heterocycles. The zero-order chi connectivity index (χ0) is 33.1. The first-order chi connectivity index (χ1) is 22.6. The molecule has 0 amide bonds. The standard InChI is InChI=1S/C26H20N.C18H24GeN.Ir/c1-17(2)18-13-14-27-26(16-18)19-11-12-24-22-9-4-3-7-20(22)21-8-5-6-10-23(21)25(24)15-19;1-14(2)11-16-12-18(15-9-7-6-8-10-15)20-13-17(16)19(3,4)5;/h3-10,12-17H,1-2H3;6-9,12-14H,11H2,1-5H3;/q2*-1;. The topological polar surface area (TPSA) is 25.8 Å². The van der Waals surface area contributed by atoms with Crippen LogP contribution >= 0.6 is 0 Å². The largest absolute Gasteiger partial charge is 0.305 e. The van der Waals surface area contributed by atoms with E-state index in [1.807, 2.05) is 24.4 Å². The van der Waals surface area contributed by atoms with E-state index in [0.717, 1.165) is 28.9 Å². The molecule has 0 atom stereocenters. The summed E-state index contributed by atoms with van der Waals surface area (Å²) in [5, 5.41) is 7.64. The van der Waals surface area contributed by atoms with Crippen LogP contribution in [0.4, 0.5) is 0 Å². The number of fused-ring (bicyclic) bond motifs is 6. The molecule has 0 aliphatic rings. The van der Waals surface area contributed by atoms with Gasteiger partial charge in [-0.3, -0.25) is 0 Å². The van der Waals surface area contributed by atoms with Crippen molar-refractivity contribution >= 4 is 50.0 Å². The third-order valence-electron chi connectivity index (χ3n) is 8.81. The van der Waals surface area contributed by atoms with E-state index in [1.165, 1.54) is 43.4 Å². The summed E-state index contributed by atoms with van der Waals surface area (Å²) in [6, 6.07) is 43.1. The van der Waals surface area contributed by atoms with Gasteiger partial charge in [-0.2, -0.15) is 0 Å². The van der Waals surface area contributed by atoms with Gasteiger partial charge in [0.15, 0.2) is 0 Å². The van der Waals surface area contributed by atoms with Crippen molar-refractivity contribution in [3.05, 3.63) is 139 Å². The summed E-state index contributed by atoms with van der Waals surface area (Å²) in [6.45, 7) is 8.99. The molecule has 0 bridgehead atoms. The van der Waals surface area contributed by atoms with Crippen LogP contribution in [0.2, 0.25) is 17.3 Å². The maximum Gasteiger partial charge on any atom is 0.0163 e. The van der Waals surface area contributed by atoms with Crippen molar-refractivity contribution in [2.75, 3.05) is 0 Å². The molecule has 0 N–H and O–H groups in total. The average molecular weight is 866 g/mol. The van der Waals surface area contributed by atoms with E-state index in [-0.39, 0.29) is 20.1 Å². The molecule has 1 radical (unpaired) electrons. The van der Waals surface area contributed by atoms with Crippen LogP contribution in [0, 0.1) is 18.1 Å². The minimum absolute atomic E-state index is 0. The van der Waals surface area contributed by atoms with Crippen LogP contribution in [0.15, 0.2) is 116 Å². The number of hydrogen-bond acceptors (Lipinski definition) is 2. The van der Waals surface area contributed by atoms with Gasteiger partial charge in [-0.25, -0.2) is 0 Å². The van der Waals surface area contributed by atoms with Crippen LogP contribution in [0.3, 0.4) is 0 Å². The SMILES string of the molecule is CC(C)Cc1cc(-c2[c-]cccc2)nc[c]1[Ge]([CH3])([CH3])[CH3].CC(C)c1ccnc(-c2[c-]cc3c4ccccc4c4ccccc4c3c2)c1.[Ir]. The Morgan fingerprint density at radius 1 is 0.625 bits per heavy atom. The second-order valence-corrected chi connectivity index (χ2v) is 24.8. The van der Waals surface area contributed by atoms with Gasteiger partial charge < -0.3 is 4.98 Å². The fourth-order valence-electron chi connectivity index (χ4n) is 6.43. The van der Waals surface area contributed by atoms with Crippen molar-refractivity contribution in [3.63, 3.8) is 0 Å². The molecule has 0 fully saturated rings. The van der Waals surface area contributed by atoms with Gasteiger partial charge >= 0.3 is 126 Å². The normalized spacial score (nSPS) is 11.5. The van der Waals surface area contributed by atoms with Crippen LogP contribution < -0.4 is 4.40 Å². The first-order valence-electron chi connectivity index (χ1n) is 16.8. The van der Waals surface area contributed by atoms with Crippen LogP contribution in [0.5, 0.6) is 0 Å². The molecule has 0 unspecified atom stereocenters. The first kappa shape index (κ1) is 35.7. The van der Waals surface area contributed by atoms with Crippen molar-refractivity contribution in [3.8, 4) is 22.5 Å². The molecule has 0 spiro atoms. The van der Waals surface area contributed by atoms with Gasteiger partial charge in [0, 0.05) is 26.3 Å². The first-order valence-corrected chi connectivity index (χ1v) is 24.1. The molecule has 2 aromatic heterocycles. The van der Waals surface area contributed by atoms with Gasteiger partial charge in [-0.1, -0.05) is 90.2 Å². The Kier molecular flexibility index (Phi) is 11.4. The zero-order valence-electron chi connectivity index (χ0n) is 29.1. The maximum absolute atomic E-state index is 4.70. The summed E-state index contributed by atoms with van der Waals surface area (Å²) < 4.78 is 1.54. The monoisotopic (exact) mass is 867 g/mol. The van der Waals surface area contributed by atoms with Gasteiger partial charge in [0.05, 0.1) is 0 Å². The molecule has 2 nitrogen and oxygen atoms in total. The second-order valence-electron chi connectivity index (χ2n) is 14.2. The molecule has 0 aliphatic heterocycles.